The Hall–Kier alpha value is -1.78. The molecule has 1 aromatic heterocycles. The zero-order valence-electron chi connectivity index (χ0n) is 10.9. The van der Waals surface area contributed by atoms with E-state index in [1.165, 1.54) is 5.56 Å². The molecule has 1 heterocycles. The summed E-state index contributed by atoms with van der Waals surface area (Å²) in [6, 6.07) is 16.1. The average molecular weight is 328 g/mol. The normalized spacial score (nSPS) is 10.8. The Kier molecular flexibility index (Phi) is 4.04. The van der Waals surface area contributed by atoms with Crippen LogP contribution in [0.15, 0.2) is 59.2 Å². The van der Waals surface area contributed by atoms with Gasteiger partial charge in [-0.1, -0.05) is 46.3 Å². The van der Waals surface area contributed by atoms with Crippen molar-refractivity contribution in [3.63, 3.8) is 0 Å². The average Bonchev–Trinajstić information content (AvgIpc) is 2.49. The first-order valence-corrected chi connectivity index (χ1v) is 7.27. The van der Waals surface area contributed by atoms with E-state index in [0.717, 1.165) is 27.7 Å². The van der Waals surface area contributed by atoms with Gasteiger partial charge in [0.05, 0.1) is 22.9 Å². The smallest absolute Gasteiger partial charge is 0.0890 e. The van der Waals surface area contributed by atoms with Crippen molar-refractivity contribution in [2.45, 2.75) is 13.1 Å². The molecule has 2 aromatic carbocycles. The lowest BCUT2D eigenvalue weighted by atomic mass is 10.2. The fourth-order valence-corrected chi connectivity index (χ4v) is 2.47. The largest absolute Gasteiger partial charge is 0.307 e. The molecule has 100 valence electrons. The SMILES string of the molecule is Brc1ccccc1CNCc1cnc2ccccc2n1. The highest BCUT2D eigenvalue weighted by atomic mass is 79.9. The van der Waals surface area contributed by atoms with E-state index < -0.39 is 0 Å². The van der Waals surface area contributed by atoms with E-state index in [1.807, 2.05) is 48.7 Å². The quantitative estimate of drug-likeness (QED) is 0.794. The maximum Gasteiger partial charge on any atom is 0.0890 e. The second-order valence-corrected chi connectivity index (χ2v) is 5.40. The van der Waals surface area contributed by atoms with Crippen molar-refractivity contribution in [3.05, 3.63) is 70.5 Å². The number of aromatic nitrogens is 2. The summed E-state index contributed by atoms with van der Waals surface area (Å²) in [6.07, 6.45) is 1.83. The van der Waals surface area contributed by atoms with Crippen molar-refractivity contribution < 1.29 is 0 Å². The van der Waals surface area contributed by atoms with Crippen molar-refractivity contribution in [2.24, 2.45) is 0 Å². The lowest BCUT2D eigenvalue weighted by molar-refractivity contribution is 0.678. The second-order valence-electron chi connectivity index (χ2n) is 4.55. The lowest BCUT2D eigenvalue weighted by Crippen LogP contribution is -2.14. The summed E-state index contributed by atoms with van der Waals surface area (Å²) in [6.45, 7) is 1.51. The van der Waals surface area contributed by atoms with Gasteiger partial charge >= 0.3 is 0 Å². The van der Waals surface area contributed by atoms with Gasteiger partial charge in [0.1, 0.15) is 0 Å². The van der Waals surface area contributed by atoms with Crippen LogP contribution in [0.3, 0.4) is 0 Å². The number of hydrogen-bond acceptors (Lipinski definition) is 3. The minimum atomic E-state index is 0.708. The van der Waals surface area contributed by atoms with E-state index in [-0.39, 0.29) is 0 Å². The number of nitrogens with zero attached hydrogens (tertiary/aromatic N) is 2. The Labute approximate surface area is 126 Å². The zero-order valence-corrected chi connectivity index (χ0v) is 12.5. The van der Waals surface area contributed by atoms with Crippen LogP contribution in [0.25, 0.3) is 11.0 Å². The predicted molar refractivity (Wildman–Crippen MR) is 84.2 cm³/mol. The highest BCUT2D eigenvalue weighted by Gasteiger charge is 2.01. The number of fused-ring (bicyclic) bond motifs is 1. The van der Waals surface area contributed by atoms with Crippen LogP contribution in [0, 0.1) is 0 Å². The molecule has 0 saturated heterocycles. The van der Waals surface area contributed by atoms with Gasteiger partial charge in [-0.05, 0) is 23.8 Å². The van der Waals surface area contributed by atoms with Gasteiger partial charge < -0.3 is 5.32 Å². The van der Waals surface area contributed by atoms with E-state index in [2.05, 4.69) is 37.3 Å². The number of nitrogens with one attached hydrogen (secondary N) is 1. The van der Waals surface area contributed by atoms with Crippen molar-refractivity contribution in [1.82, 2.24) is 15.3 Å². The van der Waals surface area contributed by atoms with Crippen LogP contribution in [0.5, 0.6) is 0 Å². The molecule has 1 N–H and O–H groups in total. The Morgan fingerprint density at radius 1 is 0.900 bits per heavy atom. The summed E-state index contributed by atoms with van der Waals surface area (Å²) in [5, 5.41) is 3.39. The number of halogens is 1. The molecule has 20 heavy (non-hydrogen) atoms. The molecule has 0 saturated carbocycles. The minimum absolute atomic E-state index is 0.708. The number of benzene rings is 2. The molecule has 0 amide bonds. The first-order valence-electron chi connectivity index (χ1n) is 6.48. The summed E-state index contributed by atoms with van der Waals surface area (Å²) in [7, 11) is 0. The standard InChI is InChI=1S/C16H14BrN3/c17-14-6-2-1-5-12(14)9-18-10-13-11-19-15-7-3-4-8-16(15)20-13/h1-8,11,18H,9-10H2. The highest BCUT2D eigenvalue weighted by Crippen LogP contribution is 2.15. The highest BCUT2D eigenvalue weighted by molar-refractivity contribution is 9.10. The molecule has 3 nitrogen and oxygen atoms in total. The van der Waals surface area contributed by atoms with Gasteiger partial charge in [0.25, 0.3) is 0 Å². The van der Waals surface area contributed by atoms with Gasteiger partial charge in [0, 0.05) is 17.6 Å². The topological polar surface area (TPSA) is 37.8 Å². The van der Waals surface area contributed by atoms with Gasteiger partial charge in [0.2, 0.25) is 0 Å². The van der Waals surface area contributed by atoms with Crippen molar-refractivity contribution in [1.29, 1.82) is 0 Å². The third-order valence-corrected chi connectivity index (χ3v) is 3.85. The van der Waals surface area contributed by atoms with Crippen LogP contribution in [0.1, 0.15) is 11.3 Å². The lowest BCUT2D eigenvalue weighted by Gasteiger charge is -2.07. The third-order valence-electron chi connectivity index (χ3n) is 3.08. The second kappa shape index (κ2) is 6.11. The summed E-state index contributed by atoms with van der Waals surface area (Å²) < 4.78 is 1.12. The zero-order chi connectivity index (χ0) is 13.8. The Morgan fingerprint density at radius 2 is 1.65 bits per heavy atom. The van der Waals surface area contributed by atoms with Crippen LogP contribution in [0.2, 0.25) is 0 Å². The van der Waals surface area contributed by atoms with Crippen LogP contribution in [-0.4, -0.2) is 9.97 Å². The van der Waals surface area contributed by atoms with Gasteiger partial charge in [-0.25, -0.2) is 4.98 Å². The monoisotopic (exact) mass is 327 g/mol. The van der Waals surface area contributed by atoms with Crippen molar-refractivity contribution in [3.8, 4) is 0 Å². The maximum absolute atomic E-state index is 4.59. The van der Waals surface area contributed by atoms with Gasteiger partial charge in [-0.2, -0.15) is 0 Å². The molecule has 0 aliphatic rings. The van der Waals surface area contributed by atoms with E-state index in [4.69, 9.17) is 0 Å². The van der Waals surface area contributed by atoms with Crippen LogP contribution < -0.4 is 5.32 Å². The predicted octanol–water partition coefficient (Wildman–Crippen LogP) is 3.68. The molecular formula is C16H14BrN3. The number of para-hydroxylation sites is 2. The maximum atomic E-state index is 4.59. The van der Waals surface area contributed by atoms with Crippen LogP contribution in [0.4, 0.5) is 0 Å². The summed E-state index contributed by atoms with van der Waals surface area (Å²) in [4.78, 5) is 9.00. The van der Waals surface area contributed by atoms with Crippen LogP contribution in [-0.2, 0) is 13.1 Å². The molecule has 0 spiro atoms. The summed E-state index contributed by atoms with van der Waals surface area (Å²) in [5.74, 6) is 0. The third kappa shape index (κ3) is 3.03. The minimum Gasteiger partial charge on any atom is -0.307 e. The number of hydrogen-bond donors (Lipinski definition) is 1. The molecule has 0 fully saturated rings. The van der Waals surface area contributed by atoms with Crippen molar-refractivity contribution in [2.75, 3.05) is 0 Å². The van der Waals surface area contributed by atoms with E-state index >= 15 is 0 Å². The van der Waals surface area contributed by atoms with Gasteiger partial charge in [-0.3, -0.25) is 4.98 Å². The molecule has 0 aliphatic heterocycles. The van der Waals surface area contributed by atoms with Crippen LogP contribution >= 0.6 is 15.9 Å². The van der Waals surface area contributed by atoms with E-state index in [9.17, 15) is 0 Å². The first-order chi connectivity index (χ1) is 9.83. The Balaban J connectivity index is 1.67. The Morgan fingerprint density at radius 3 is 2.50 bits per heavy atom. The molecule has 3 rings (SSSR count). The summed E-state index contributed by atoms with van der Waals surface area (Å²) in [5.41, 5.74) is 4.06. The fraction of sp³-hybridized carbons (Fsp3) is 0.125. The van der Waals surface area contributed by atoms with Crippen molar-refractivity contribution >= 4 is 27.0 Å². The molecule has 0 atom stereocenters. The van der Waals surface area contributed by atoms with Gasteiger partial charge in [-0.15, -0.1) is 0 Å². The number of rotatable bonds is 4. The van der Waals surface area contributed by atoms with Gasteiger partial charge in [0.15, 0.2) is 0 Å². The summed E-state index contributed by atoms with van der Waals surface area (Å²) >= 11 is 3.55. The molecule has 0 radical (unpaired) electrons. The Bertz CT molecular complexity index is 727. The molecule has 0 aliphatic carbocycles. The molecular weight excluding hydrogens is 314 g/mol. The molecule has 0 bridgehead atoms. The van der Waals surface area contributed by atoms with E-state index in [0.29, 0.717) is 6.54 Å². The fourth-order valence-electron chi connectivity index (χ4n) is 2.05. The first kappa shape index (κ1) is 13.2. The molecule has 0 unspecified atom stereocenters. The van der Waals surface area contributed by atoms with E-state index in [1.54, 1.807) is 0 Å². The molecule has 3 aromatic rings. The molecule has 4 heteroatoms.